The first-order valence-electron chi connectivity index (χ1n) is 14.2. The maximum Gasteiger partial charge on any atom is 0.278 e. The summed E-state index contributed by atoms with van der Waals surface area (Å²) >= 11 is 0. The van der Waals surface area contributed by atoms with Gasteiger partial charge in [0, 0.05) is 36.5 Å². The number of anilines is 2. The first-order valence-corrected chi connectivity index (χ1v) is 16.1. The highest BCUT2D eigenvalue weighted by Crippen LogP contribution is 2.44. The summed E-state index contributed by atoms with van der Waals surface area (Å²) in [6.45, 7) is 9.81. The van der Waals surface area contributed by atoms with Gasteiger partial charge in [-0.1, -0.05) is 26.0 Å². The second-order valence-corrected chi connectivity index (χ2v) is 13.7. The predicted octanol–water partition coefficient (Wildman–Crippen LogP) is 4.91. The number of pyridine rings is 1. The van der Waals surface area contributed by atoms with Gasteiger partial charge in [0.15, 0.2) is 17.3 Å². The highest BCUT2D eigenvalue weighted by Gasteiger charge is 2.29. The van der Waals surface area contributed by atoms with Gasteiger partial charge in [-0.25, -0.2) is 23.5 Å². The number of hydrogen-bond donors (Lipinski definition) is 1. The maximum atomic E-state index is 13.4. The molecule has 10 nitrogen and oxygen atoms in total. The summed E-state index contributed by atoms with van der Waals surface area (Å²) < 4.78 is 20.7. The first kappa shape index (κ1) is 27.3. The van der Waals surface area contributed by atoms with Gasteiger partial charge in [-0.3, -0.25) is 4.79 Å². The lowest BCUT2D eigenvalue weighted by Gasteiger charge is -2.28. The molecule has 1 fully saturated rings. The van der Waals surface area contributed by atoms with Crippen LogP contribution >= 0.6 is 0 Å². The molecular weight excluding hydrogens is 536 g/mol. The van der Waals surface area contributed by atoms with Gasteiger partial charge in [-0.15, -0.1) is 6.58 Å². The Morgan fingerprint density at radius 3 is 2.73 bits per heavy atom. The van der Waals surface area contributed by atoms with Crippen LogP contribution in [0.1, 0.15) is 49.3 Å². The van der Waals surface area contributed by atoms with Crippen molar-refractivity contribution < 1.29 is 4.21 Å². The van der Waals surface area contributed by atoms with Crippen molar-refractivity contribution in [3.05, 3.63) is 76.2 Å². The molecule has 1 aliphatic heterocycles. The Morgan fingerprint density at radius 2 is 2.00 bits per heavy atom. The summed E-state index contributed by atoms with van der Waals surface area (Å²) in [7, 11) is -0.245. The summed E-state index contributed by atoms with van der Waals surface area (Å²) in [5.41, 5.74) is 5.41. The van der Waals surface area contributed by atoms with Crippen molar-refractivity contribution in [2.75, 3.05) is 30.4 Å². The van der Waals surface area contributed by atoms with Gasteiger partial charge in [-0.2, -0.15) is 9.35 Å². The number of fused-ring (bicyclic) bond motifs is 2. The van der Waals surface area contributed by atoms with E-state index in [0.717, 1.165) is 25.2 Å². The molecule has 214 valence electrons. The SMILES string of the molecule is C=CCn1c(=O)c2cnc(Nc3cc4c(c(C5CC5)c3)CCN(C)C4)nc2n1-c1cccc(N=S(=O)(CC)CC)n1. The number of allylic oxidation sites excluding steroid dienone is 1. The lowest BCUT2D eigenvalue weighted by Crippen LogP contribution is -2.27. The van der Waals surface area contributed by atoms with Crippen LogP contribution in [0.15, 0.2) is 58.3 Å². The number of nitrogens with one attached hydrogen (secondary N) is 1. The van der Waals surface area contributed by atoms with Gasteiger partial charge in [0.05, 0.1) is 16.3 Å². The van der Waals surface area contributed by atoms with Gasteiger partial charge in [0.1, 0.15) is 5.39 Å². The molecule has 0 radical (unpaired) electrons. The largest absolute Gasteiger partial charge is 0.324 e. The number of rotatable bonds is 9. The summed E-state index contributed by atoms with van der Waals surface area (Å²) in [4.78, 5) is 29.7. The summed E-state index contributed by atoms with van der Waals surface area (Å²) in [5, 5.41) is 3.79. The minimum atomic E-state index is -2.40. The quantitative estimate of drug-likeness (QED) is 0.284. The second-order valence-electron chi connectivity index (χ2n) is 10.8. The number of aromatic nitrogens is 5. The smallest absolute Gasteiger partial charge is 0.278 e. The van der Waals surface area contributed by atoms with Crippen LogP contribution < -0.4 is 10.9 Å². The Kier molecular flexibility index (Phi) is 7.25. The van der Waals surface area contributed by atoms with Crippen molar-refractivity contribution in [2.24, 2.45) is 4.36 Å². The minimum absolute atomic E-state index is 0.241. The summed E-state index contributed by atoms with van der Waals surface area (Å²) in [6.07, 6.45) is 6.77. The molecule has 0 bridgehead atoms. The Hall–Kier alpha value is -3.83. The van der Waals surface area contributed by atoms with Crippen molar-refractivity contribution in [3.63, 3.8) is 0 Å². The standard InChI is InChI=1S/C30H36N8O2S/c1-5-14-37-29(39)25-18-31-30(32-22-16-21-19-36(4)15-13-23(21)24(17-22)20-11-12-20)34-28(25)38(37)27-10-8-9-26(33-27)35-41(40,6-2)7-3/h5,8-10,16-18,20H,1,6-7,11-15,19H2,2-4H3,(H,31,32,34). The fourth-order valence-electron chi connectivity index (χ4n) is 5.53. The topological polar surface area (TPSA) is 110 Å². The Morgan fingerprint density at radius 1 is 1.20 bits per heavy atom. The van der Waals surface area contributed by atoms with Gasteiger partial charge in [0.25, 0.3) is 5.56 Å². The molecule has 2 aliphatic rings. The van der Waals surface area contributed by atoms with Crippen LogP contribution in [0.5, 0.6) is 0 Å². The van der Waals surface area contributed by atoms with Crippen molar-refractivity contribution in [2.45, 2.75) is 52.1 Å². The van der Waals surface area contributed by atoms with Crippen LogP contribution in [0.25, 0.3) is 16.9 Å². The van der Waals surface area contributed by atoms with Gasteiger partial charge in [0.2, 0.25) is 5.95 Å². The maximum absolute atomic E-state index is 13.4. The molecule has 3 aromatic heterocycles. The van der Waals surface area contributed by atoms with E-state index in [9.17, 15) is 9.00 Å². The molecule has 0 spiro atoms. The van der Waals surface area contributed by atoms with Crippen LogP contribution in [-0.4, -0.2) is 58.5 Å². The van der Waals surface area contributed by atoms with E-state index in [2.05, 4.69) is 50.3 Å². The minimum Gasteiger partial charge on any atom is -0.324 e. The monoisotopic (exact) mass is 572 g/mol. The molecule has 0 atom stereocenters. The predicted molar refractivity (Wildman–Crippen MR) is 164 cm³/mol. The molecule has 4 aromatic rings. The van der Waals surface area contributed by atoms with E-state index in [1.54, 1.807) is 35.2 Å². The Balaban J connectivity index is 1.45. The van der Waals surface area contributed by atoms with Crippen molar-refractivity contribution >= 4 is 38.2 Å². The number of benzene rings is 1. The molecular formula is C30H36N8O2S. The molecule has 0 amide bonds. The van der Waals surface area contributed by atoms with Crippen molar-refractivity contribution in [1.82, 2.24) is 29.2 Å². The number of likely N-dealkylation sites (N-methyl/N-ethyl adjacent to an activating group) is 1. The third-order valence-corrected chi connectivity index (χ3v) is 10.2. The molecule has 1 aromatic carbocycles. The molecule has 41 heavy (non-hydrogen) atoms. The highest BCUT2D eigenvalue weighted by molar-refractivity contribution is 7.93. The Bertz CT molecular complexity index is 1820. The zero-order valence-electron chi connectivity index (χ0n) is 23.8. The molecule has 6 rings (SSSR count). The average Bonchev–Trinajstić information content (AvgIpc) is 3.78. The molecule has 0 saturated heterocycles. The molecule has 1 saturated carbocycles. The summed E-state index contributed by atoms with van der Waals surface area (Å²) in [5.74, 6) is 2.71. The van der Waals surface area contributed by atoms with E-state index in [1.165, 1.54) is 34.2 Å². The number of hydrogen-bond acceptors (Lipinski definition) is 8. The van der Waals surface area contributed by atoms with E-state index in [1.807, 2.05) is 13.8 Å². The lowest BCUT2D eigenvalue weighted by molar-refractivity contribution is 0.312. The molecule has 0 unspecified atom stereocenters. The van der Waals surface area contributed by atoms with E-state index >= 15 is 0 Å². The van der Waals surface area contributed by atoms with Crippen molar-refractivity contribution in [1.29, 1.82) is 0 Å². The normalized spacial score (nSPS) is 15.6. The van der Waals surface area contributed by atoms with E-state index < -0.39 is 9.73 Å². The van der Waals surface area contributed by atoms with Gasteiger partial charge < -0.3 is 10.2 Å². The van der Waals surface area contributed by atoms with Crippen molar-refractivity contribution in [3.8, 4) is 5.82 Å². The fourth-order valence-corrected chi connectivity index (χ4v) is 6.64. The van der Waals surface area contributed by atoms with E-state index in [-0.39, 0.29) is 12.1 Å². The molecule has 11 heteroatoms. The van der Waals surface area contributed by atoms with Gasteiger partial charge in [-0.05, 0) is 73.2 Å². The highest BCUT2D eigenvalue weighted by atomic mass is 32.2. The fraction of sp³-hybridized carbons (Fsp3) is 0.400. The van der Waals surface area contributed by atoms with Crippen LogP contribution in [0.3, 0.4) is 0 Å². The molecule has 1 aliphatic carbocycles. The zero-order valence-corrected chi connectivity index (χ0v) is 24.7. The third-order valence-electron chi connectivity index (χ3n) is 7.91. The lowest BCUT2D eigenvalue weighted by atomic mass is 9.91. The van der Waals surface area contributed by atoms with Crippen LogP contribution in [0, 0.1) is 0 Å². The number of nitrogens with zero attached hydrogens (tertiary/aromatic N) is 7. The second kappa shape index (κ2) is 10.9. The van der Waals surface area contributed by atoms with Crippen LogP contribution in [0.2, 0.25) is 0 Å². The van der Waals surface area contributed by atoms with Crippen LogP contribution in [0.4, 0.5) is 17.5 Å². The first-order chi connectivity index (χ1) is 19.8. The average molecular weight is 573 g/mol. The van der Waals surface area contributed by atoms with Crippen LogP contribution in [-0.2, 0) is 29.2 Å². The Labute approximate surface area is 240 Å². The summed E-state index contributed by atoms with van der Waals surface area (Å²) in [6, 6.07) is 9.75. The van der Waals surface area contributed by atoms with Gasteiger partial charge >= 0.3 is 0 Å². The van der Waals surface area contributed by atoms with E-state index in [0.29, 0.717) is 46.0 Å². The zero-order chi connectivity index (χ0) is 28.7. The molecule has 4 heterocycles. The molecule has 1 N–H and O–H groups in total. The third kappa shape index (κ3) is 5.31. The van der Waals surface area contributed by atoms with E-state index in [4.69, 9.17) is 4.98 Å².